The Kier molecular flexibility index (Phi) is 6.84. The molecule has 0 fully saturated rings. The summed E-state index contributed by atoms with van der Waals surface area (Å²) < 4.78 is 13.4. The normalized spacial score (nSPS) is 11.1. The summed E-state index contributed by atoms with van der Waals surface area (Å²) in [6.07, 6.45) is 3.48. The van der Waals surface area contributed by atoms with E-state index in [-0.39, 0.29) is 0 Å². The number of ether oxygens (including phenoxy) is 2. The van der Waals surface area contributed by atoms with Crippen molar-refractivity contribution in [3.8, 4) is 11.5 Å². The van der Waals surface area contributed by atoms with Crippen molar-refractivity contribution in [3.05, 3.63) is 69.2 Å². The van der Waals surface area contributed by atoms with Gasteiger partial charge in [-0.05, 0) is 60.1 Å². The number of methoxy groups -OCH3 is 1. The van der Waals surface area contributed by atoms with E-state index >= 15 is 0 Å². The highest BCUT2D eigenvalue weighted by Crippen LogP contribution is 2.28. The third-order valence-corrected chi connectivity index (χ3v) is 4.52. The second-order valence-corrected chi connectivity index (χ2v) is 6.90. The third kappa shape index (κ3) is 4.99. The summed E-state index contributed by atoms with van der Waals surface area (Å²) in [5.74, 6) is 2.09. The molecule has 8 heteroatoms. The maximum atomic E-state index is 5.91. The molecular weight excluding hydrogens is 396 g/mol. The molecule has 2 aromatic carbocycles. The fourth-order valence-electron chi connectivity index (χ4n) is 2.58. The van der Waals surface area contributed by atoms with Crippen LogP contribution in [-0.2, 0) is 13.0 Å². The van der Waals surface area contributed by atoms with Gasteiger partial charge in [-0.2, -0.15) is 14.9 Å². The second-order valence-electron chi connectivity index (χ2n) is 6.08. The molecule has 0 aliphatic rings. The van der Waals surface area contributed by atoms with Crippen LogP contribution in [0, 0.1) is 4.77 Å². The van der Waals surface area contributed by atoms with Crippen LogP contribution in [0.1, 0.15) is 30.3 Å². The maximum absolute atomic E-state index is 5.91. The fourth-order valence-corrected chi connectivity index (χ4v) is 2.90. The zero-order chi connectivity index (χ0) is 19.9. The molecule has 3 rings (SSSR count). The molecule has 146 valence electrons. The molecule has 3 aromatic rings. The summed E-state index contributed by atoms with van der Waals surface area (Å²) in [6.45, 7) is 2.50. The first kappa shape index (κ1) is 20.1. The first-order valence-electron chi connectivity index (χ1n) is 8.86. The highest BCUT2D eigenvalue weighted by atomic mass is 35.5. The number of aryl methyl sites for hydroxylation is 1. The summed E-state index contributed by atoms with van der Waals surface area (Å²) in [4.78, 5) is 0. The molecule has 0 aliphatic heterocycles. The van der Waals surface area contributed by atoms with Gasteiger partial charge in [-0.1, -0.05) is 30.7 Å². The van der Waals surface area contributed by atoms with Gasteiger partial charge in [0.2, 0.25) is 4.77 Å². The number of halogens is 1. The molecule has 0 saturated heterocycles. The van der Waals surface area contributed by atoms with E-state index in [2.05, 4.69) is 22.2 Å². The Morgan fingerprint density at radius 1 is 1.21 bits per heavy atom. The largest absolute Gasteiger partial charge is 0.493 e. The van der Waals surface area contributed by atoms with Crippen molar-refractivity contribution in [3.63, 3.8) is 0 Å². The summed E-state index contributed by atoms with van der Waals surface area (Å²) in [7, 11) is 1.61. The number of hydrogen-bond donors (Lipinski definition) is 1. The minimum atomic E-state index is 0.422. The van der Waals surface area contributed by atoms with E-state index in [1.54, 1.807) is 18.0 Å². The summed E-state index contributed by atoms with van der Waals surface area (Å²) in [5, 5.41) is 12.1. The van der Waals surface area contributed by atoms with Crippen molar-refractivity contribution in [1.82, 2.24) is 14.9 Å². The molecule has 28 heavy (non-hydrogen) atoms. The molecule has 0 saturated carbocycles. The third-order valence-electron chi connectivity index (χ3n) is 4.01. The van der Waals surface area contributed by atoms with Gasteiger partial charge in [0.15, 0.2) is 17.3 Å². The Balaban J connectivity index is 1.75. The van der Waals surface area contributed by atoms with Gasteiger partial charge in [-0.3, -0.25) is 5.10 Å². The Hall–Kier alpha value is -2.64. The van der Waals surface area contributed by atoms with E-state index in [0.717, 1.165) is 29.8 Å². The van der Waals surface area contributed by atoms with Gasteiger partial charge in [-0.15, -0.1) is 0 Å². The van der Waals surface area contributed by atoms with Crippen LogP contribution in [-0.4, -0.2) is 28.2 Å². The monoisotopic (exact) mass is 416 g/mol. The average Bonchev–Trinajstić information content (AvgIpc) is 3.06. The van der Waals surface area contributed by atoms with E-state index < -0.39 is 0 Å². The smallest absolute Gasteiger partial charge is 0.216 e. The molecule has 6 nitrogen and oxygen atoms in total. The Morgan fingerprint density at radius 2 is 2.00 bits per heavy atom. The first-order valence-corrected chi connectivity index (χ1v) is 9.65. The van der Waals surface area contributed by atoms with Crippen molar-refractivity contribution in [1.29, 1.82) is 0 Å². The first-order chi connectivity index (χ1) is 13.6. The topological polar surface area (TPSA) is 64.4 Å². The van der Waals surface area contributed by atoms with Crippen molar-refractivity contribution in [2.45, 2.75) is 26.4 Å². The lowest BCUT2D eigenvalue weighted by Gasteiger charge is -2.11. The lowest BCUT2D eigenvalue weighted by molar-refractivity contribution is 0.284. The van der Waals surface area contributed by atoms with Gasteiger partial charge in [0, 0.05) is 11.4 Å². The van der Waals surface area contributed by atoms with Crippen LogP contribution in [0.25, 0.3) is 0 Å². The summed E-state index contributed by atoms with van der Waals surface area (Å²) in [5.41, 5.74) is 1.89. The molecule has 0 unspecified atom stereocenters. The zero-order valence-corrected chi connectivity index (χ0v) is 17.3. The molecule has 0 spiro atoms. The van der Waals surface area contributed by atoms with Crippen molar-refractivity contribution in [2.24, 2.45) is 5.10 Å². The van der Waals surface area contributed by atoms with Gasteiger partial charge in [0.05, 0.1) is 13.3 Å². The Labute approximate surface area is 173 Å². The van der Waals surface area contributed by atoms with Gasteiger partial charge >= 0.3 is 0 Å². The number of aromatic amines is 1. The van der Waals surface area contributed by atoms with Crippen LogP contribution in [0.15, 0.2) is 47.6 Å². The van der Waals surface area contributed by atoms with E-state index in [1.807, 2.05) is 42.5 Å². The number of aromatic nitrogens is 3. The van der Waals surface area contributed by atoms with Crippen LogP contribution < -0.4 is 9.47 Å². The SMILES string of the molecule is CCCc1n[nH]c(=S)n1/N=C/c1ccc(OCc2ccc(Cl)cc2)c(OC)c1. The van der Waals surface area contributed by atoms with Crippen molar-refractivity contribution in [2.75, 3.05) is 7.11 Å². The van der Waals surface area contributed by atoms with Crippen LogP contribution in [0.3, 0.4) is 0 Å². The molecule has 0 radical (unpaired) electrons. The molecular formula is C20H21ClN4O2S. The Bertz CT molecular complexity index is 1010. The minimum Gasteiger partial charge on any atom is -0.493 e. The van der Waals surface area contributed by atoms with E-state index in [4.69, 9.17) is 33.3 Å². The highest BCUT2D eigenvalue weighted by Gasteiger charge is 2.07. The Morgan fingerprint density at radius 3 is 2.71 bits per heavy atom. The van der Waals surface area contributed by atoms with E-state index in [0.29, 0.717) is 27.9 Å². The molecule has 1 heterocycles. The minimum absolute atomic E-state index is 0.422. The number of hydrogen-bond acceptors (Lipinski definition) is 5. The fraction of sp³-hybridized carbons (Fsp3) is 0.250. The number of H-pyrrole nitrogens is 1. The average molecular weight is 417 g/mol. The number of nitrogens with one attached hydrogen (secondary N) is 1. The van der Waals surface area contributed by atoms with Crippen LogP contribution in [0.5, 0.6) is 11.5 Å². The standard InChI is InChI=1S/C20H21ClN4O2S/c1-3-4-19-23-24-20(28)25(19)22-12-15-7-10-17(18(11-15)26-2)27-13-14-5-8-16(21)9-6-14/h5-12H,3-4,13H2,1-2H3,(H,24,28)/b22-12+. The van der Waals surface area contributed by atoms with Gasteiger partial charge in [-0.25, -0.2) is 0 Å². The van der Waals surface area contributed by atoms with Crippen LogP contribution in [0.2, 0.25) is 5.02 Å². The van der Waals surface area contributed by atoms with Crippen molar-refractivity contribution >= 4 is 30.0 Å². The summed E-state index contributed by atoms with van der Waals surface area (Å²) in [6, 6.07) is 13.2. The maximum Gasteiger partial charge on any atom is 0.216 e. The van der Waals surface area contributed by atoms with Crippen molar-refractivity contribution < 1.29 is 9.47 Å². The molecule has 1 aromatic heterocycles. The zero-order valence-electron chi connectivity index (χ0n) is 15.7. The summed E-state index contributed by atoms with van der Waals surface area (Å²) >= 11 is 11.1. The highest BCUT2D eigenvalue weighted by molar-refractivity contribution is 7.71. The predicted octanol–water partition coefficient (Wildman–Crippen LogP) is 5.02. The molecule has 0 amide bonds. The predicted molar refractivity (Wildman–Crippen MR) is 113 cm³/mol. The van der Waals surface area contributed by atoms with Gasteiger partial charge in [0.25, 0.3) is 0 Å². The van der Waals surface area contributed by atoms with E-state index in [1.165, 1.54) is 0 Å². The molecule has 0 aliphatic carbocycles. The van der Waals surface area contributed by atoms with Crippen LogP contribution in [0.4, 0.5) is 0 Å². The lowest BCUT2D eigenvalue weighted by atomic mass is 10.2. The molecule has 0 atom stereocenters. The number of rotatable bonds is 8. The van der Waals surface area contributed by atoms with Gasteiger partial charge in [0.1, 0.15) is 6.61 Å². The van der Waals surface area contributed by atoms with E-state index in [9.17, 15) is 0 Å². The van der Waals surface area contributed by atoms with Crippen LogP contribution >= 0.6 is 23.8 Å². The molecule has 1 N–H and O–H groups in total. The van der Waals surface area contributed by atoms with Gasteiger partial charge < -0.3 is 9.47 Å². The quantitative estimate of drug-likeness (QED) is 0.413. The molecule has 0 bridgehead atoms. The number of nitrogens with zero attached hydrogens (tertiary/aromatic N) is 3. The lowest BCUT2D eigenvalue weighted by Crippen LogP contribution is -2.00. The second kappa shape index (κ2) is 9.52. The number of benzene rings is 2.